The van der Waals surface area contributed by atoms with Crippen molar-refractivity contribution in [3.05, 3.63) is 70.9 Å². The number of aromatic nitrogens is 2. The van der Waals surface area contributed by atoms with Gasteiger partial charge in [0, 0.05) is 23.3 Å². The van der Waals surface area contributed by atoms with Crippen LogP contribution in [0.4, 0.5) is 0 Å². The molecule has 3 aromatic rings. The Morgan fingerprint density at radius 3 is 2.81 bits per heavy atom. The molecule has 0 saturated carbocycles. The van der Waals surface area contributed by atoms with Gasteiger partial charge in [0.2, 0.25) is 0 Å². The van der Waals surface area contributed by atoms with Crippen LogP contribution in [0.15, 0.2) is 64.8 Å². The highest BCUT2D eigenvalue weighted by Gasteiger charge is 2.23. The number of aromatic amines is 1. The molecule has 1 atom stereocenters. The molecule has 2 aromatic heterocycles. The summed E-state index contributed by atoms with van der Waals surface area (Å²) in [5.41, 5.74) is 2.90. The van der Waals surface area contributed by atoms with Gasteiger partial charge in [0.05, 0.1) is 10.9 Å². The predicted molar refractivity (Wildman–Crippen MR) is 109 cm³/mol. The monoisotopic (exact) mass is 384 g/mol. The number of aliphatic imine (C=N–C) groups is 1. The Balaban J connectivity index is 0.00000196. The quantitative estimate of drug-likeness (QED) is 0.660. The van der Waals surface area contributed by atoms with E-state index in [1.165, 1.54) is 11.8 Å². The average molecular weight is 385 g/mol. The van der Waals surface area contributed by atoms with Crippen LogP contribution in [0.3, 0.4) is 0 Å². The van der Waals surface area contributed by atoms with E-state index in [1.54, 1.807) is 6.20 Å². The molecular formula is C19H17ClN4OS. The van der Waals surface area contributed by atoms with Gasteiger partial charge in [-0.25, -0.2) is 4.98 Å². The Labute approximate surface area is 161 Å². The van der Waals surface area contributed by atoms with Crippen LogP contribution in [0.5, 0.6) is 0 Å². The van der Waals surface area contributed by atoms with Gasteiger partial charge < -0.3 is 10.3 Å². The molecule has 1 aliphatic heterocycles. The maximum absolute atomic E-state index is 12.2. The van der Waals surface area contributed by atoms with Gasteiger partial charge in [-0.2, -0.15) is 4.99 Å². The fraction of sp³-hybridized carbons (Fsp3) is 0.105. The van der Waals surface area contributed by atoms with Crippen molar-refractivity contribution < 1.29 is 4.79 Å². The summed E-state index contributed by atoms with van der Waals surface area (Å²) >= 11 is 1.36. The number of rotatable bonds is 3. The number of H-pyrrole nitrogens is 1. The number of hydrogen-bond acceptors (Lipinski definition) is 4. The molecule has 0 unspecified atom stereocenters. The summed E-state index contributed by atoms with van der Waals surface area (Å²) in [6.45, 7) is 2.05. The highest BCUT2D eigenvalue weighted by atomic mass is 35.5. The van der Waals surface area contributed by atoms with Crippen molar-refractivity contribution in [2.45, 2.75) is 13.0 Å². The van der Waals surface area contributed by atoms with Gasteiger partial charge >= 0.3 is 0 Å². The lowest BCUT2D eigenvalue weighted by atomic mass is 10.1. The smallest absolute Gasteiger partial charge is 0.286 e. The molecule has 7 heteroatoms. The number of carbonyl (C=O) groups excluding carboxylic acids is 1. The number of amides is 1. The van der Waals surface area contributed by atoms with Gasteiger partial charge in [0.1, 0.15) is 5.65 Å². The van der Waals surface area contributed by atoms with E-state index < -0.39 is 0 Å². The normalized spacial score (nSPS) is 16.4. The van der Waals surface area contributed by atoms with Crippen LogP contribution >= 0.6 is 24.2 Å². The third-order valence-electron chi connectivity index (χ3n) is 4.03. The second kappa shape index (κ2) is 7.76. The third-order valence-corrected chi connectivity index (χ3v) is 4.94. The molecule has 0 spiro atoms. The second-order valence-electron chi connectivity index (χ2n) is 5.75. The molecule has 0 saturated heterocycles. The first-order chi connectivity index (χ1) is 12.2. The van der Waals surface area contributed by atoms with Crippen LogP contribution in [0.25, 0.3) is 17.1 Å². The van der Waals surface area contributed by atoms with Gasteiger partial charge in [0.25, 0.3) is 5.91 Å². The zero-order valence-corrected chi connectivity index (χ0v) is 15.6. The standard InChI is InChI=1S/C19H16N4OS.ClH/c1-12(13-6-3-2-4-7-13)22-19-23-18(24)16(25-19)10-14-11-21-17-15(14)8-5-9-20-17;/h2-12H,1H3,(H,20,21)(H,22,23,24);1H/b16-10-;/t12-;/m0./s1. The van der Waals surface area contributed by atoms with E-state index in [-0.39, 0.29) is 24.4 Å². The molecule has 0 aliphatic carbocycles. The van der Waals surface area contributed by atoms with E-state index in [0.717, 1.165) is 22.2 Å². The number of benzene rings is 1. The summed E-state index contributed by atoms with van der Waals surface area (Å²) in [6.07, 6.45) is 5.46. The van der Waals surface area contributed by atoms with Crippen molar-refractivity contribution in [3.63, 3.8) is 0 Å². The van der Waals surface area contributed by atoms with E-state index in [9.17, 15) is 4.79 Å². The molecule has 132 valence electrons. The maximum atomic E-state index is 12.2. The molecule has 0 fully saturated rings. The topological polar surface area (TPSA) is 70.1 Å². The molecule has 1 aromatic carbocycles. The molecule has 1 aliphatic rings. The Bertz CT molecular complexity index is 997. The van der Waals surface area contributed by atoms with Crippen LogP contribution in [-0.4, -0.2) is 21.0 Å². The summed E-state index contributed by atoms with van der Waals surface area (Å²) in [5, 5.41) is 4.92. The van der Waals surface area contributed by atoms with Gasteiger partial charge in [-0.3, -0.25) is 4.79 Å². The number of nitrogens with one attached hydrogen (secondary N) is 2. The molecule has 5 nitrogen and oxygen atoms in total. The van der Waals surface area contributed by atoms with E-state index in [4.69, 9.17) is 0 Å². The van der Waals surface area contributed by atoms with Crippen molar-refractivity contribution in [3.8, 4) is 0 Å². The zero-order valence-electron chi connectivity index (χ0n) is 14.0. The number of nitrogens with zero attached hydrogens (tertiary/aromatic N) is 2. The van der Waals surface area contributed by atoms with E-state index in [2.05, 4.69) is 39.3 Å². The molecular weight excluding hydrogens is 368 g/mol. The van der Waals surface area contributed by atoms with Crippen molar-refractivity contribution >= 4 is 52.4 Å². The first-order valence-corrected chi connectivity index (χ1v) is 8.78. The summed E-state index contributed by atoms with van der Waals surface area (Å²) in [6, 6.07) is 14.0. The summed E-state index contributed by atoms with van der Waals surface area (Å²) < 4.78 is 0. The van der Waals surface area contributed by atoms with E-state index >= 15 is 0 Å². The second-order valence-corrected chi connectivity index (χ2v) is 6.78. The van der Waals surface area contributed by atoms with Crippen LogP contribution in [0.2, 0.25) is 0 Å². The Hall–Kier alpha value is -2.57. The third kappa shape index (κ3) is 3.66. The molecule has 3 heterocycles. The first-order valence-electron chi connectivity index (χ1n) is 7.97. The molecule has 2 N–H and O–H groups in total. The minimum absolute atomic E-state index is 0. The van der Waals surface area contributed by atoms with Crippen LogP contribution in [-0.2, 0) is 4.79 Å². The Kier molecular flexibility index (Phi) is 5.44. The number of fused-ring (bicyclic) bond motifs is 1. The zero-order chi connectivity index (χ0) is 17.2. The van der Waals surface area contributed by atoms with Crippen LogP contribution < -0.4 is 5.32 Å². The summed E-state index contributed by atoms with van der Waals surface area (Å²) in [5.74, 6) is -0.217. The van der Waals surface area contributed by atoms with Gasteiger partial charge in [-0.05, 0) is 42.5 Å². The lowest BCUT2D eigenvalue weighted by Crippen LogP contribution is -2.22. The SMILES string of the molecule is C[C@H](NC1=NC(=O)/C(=C/c2c[nH]c3ncccc23)S1)c1ccccc1.Cl. The Morgan fingerprint density at radius 2 is 2.00 bits per heavy atom. The van der Waals surface area contributed by atoms with Crippen molar-refractivity contribution in [1.29, 1.82) is 0 Å². The number of hydrogen-bond donors (Lipinski definition) is 2. The van der Waals surface area contributed by atoms with Gasteiger partial charge in [0.15, 0.2) is 5.17 Å². The number of carbonyl (C=O) groups is 1. The average Bonchev–Trinajstić information content (AvgIpc) is 3.20. The van der Waals surface area contributed by atoms with Crippen molar-refractivity contribution in [2.75, 3.05) is 0 Å². The molecule has 0 radical (unpaired) electrons. The summed E-state index contributed by atoms with van der Waals surface area (Å²) in [7, 11) is 0. The maximum Gasteiger partial charge on any atom is 0.286 e. The molecule has 0 bridgehead atoms. The minimum atomic E-state index is -0.217. The van der Waals surface area contributed by atoms with E-state index in [0.29, 0.717) is 10.1 Å². The summed E-state index contributed by atoms with van der Waals surface area (Å²) in [4.78, 5) is 24.3. The van der Waals surface area contributed by atoms with Gasteiger partial charge in [-0.15, -0.1) is 12.4 Å². The molecule has 26 heavy (non-hydrogen) atoms. The fourth-order valence-corrected chi connectivity index (χ4v) is 3.61. The van der Waals surface area contributed by atoms with Crippen molar-refractivity contribution in [2.24, 2.45) is 4.99 Å². The van der Waals surface area contributed by atoms with Crippen LogP contribution in [0, 0.1) is 0 Å². The molecule has 4 rings (SSSR count). The van der Waals surface area contributed by atoms with Crippen LogP contribution in [0.1, 0.15) is 24.1 Å². The lowest BCUT2D eigenvalue weighted by molar-refractivity contribution is -0.113. The molecule has 1 amide bonds. The van der Waals surface area contributed by atoms with Gasteiger partial charge in [-0.1, -0.05) is 30.3 Å². The number of halogens is 1. The van der Waals surface area contributed by atoms with Crippen molar-refractivity contribution in [1.82, 2.24) is 15.3 Å². The Morgan fingerprint density at radius 1 is 1.19 bits per heavy atom. The highest BCUT2D eigenvalue weighted by Crippen LogP contribution is 2.30. The minimum Gasteiger partial charge on any atom is -0.358 e. The first kappa shape index (κ1) is 18.2. The number of thioether (sulfide) groups is 1. The predicted octanol–water partition coefficient (Wildman–Crippen LogP) is 4.31. The number of pyridine rings is 1. The van der Waals surface area contributed by atoms with E-state index in [1.807, 2.05) is 42.6 Å². The number of amidine groups is 1. The fourth-order valence-electron chi connectivity index (χ4n) is 2.72. The highest BCUT2D eigenvalue weighted by molar-refractivity contribution is 8.18. The largest absolute Gasteiger partial charge is 0.358 e. The lowest BCUT2D eigenvalue weighted by Gasteiger charge is -2.14.